The molecule has 158 valence electrons. The molecule has 2 aromatic rings. The lowest BCUT2D eigenvalue weighted by Crippen LogP contribution is -2.34. The second-order valence-corrected chi connectivity index (χ2v) is 7.01. The Bertz CT molecular complexity index is 910. The lowest BCUT2D eigenvalue weighted by atomic mass is 10.0. The van der Waals surface area contributed by atoms with Crippen molar-refractivity contribution in [2.75, 3.05) is 13.2 Å². The number of phenolic OH excluding ortho intramolecular Hbond substituents is 1. The van der Waals surface area contributed by atoms with Gasteiger partial charge in [0, 0.05) is 17.7 Å². The van der Waals surface area contributed by atoms with Gasteiger partial charge >= 0.3 is 5.97 Å². The Kier molecular flexibility index (Phi) is 7.57. The first-order valence-electron chi connectivity index (χ1n) is 9.80. The van der Waals surface area contributed by atoms with E-state index in [-0.39, 0.29) is 30.2 Å². The van der Waals surface area contributed by atoms with Gasteiger partial charge in [-0.15, -0.1) is 0 Å². The molecule has 0 radical (unpaired) electrons. The van der Waals surface area contributed by atoms with Gasteiger partial charge < -0.3 is 19.9 Å². The molecule has 1 heterocycles. The average Bonchev–Trinajstić information content (AvgIpc) is 2.72. The Morgan fingerprint density at radius 3 is 2.77 bits per heavy atom. The molecule has 3 rings (SSSR count). The van der Waals surface area contributed by atoms with E-state index >= 15 is 0 Å². The molecule has 0 fully saturated rings. The van der Waals surface area contributed by atoms with E-state index in [1.165, 1.54) is 24.3 Å². The summed E-state index contributed by atoms with van der Waals surface area (Å²) >= 11 is 0. The summed E-state index contributed by atoms with van der Waals surface area (Å²) in [5.74, 6) is -0.958. The normalized spacial score (nSPS) is 18.4. The monoisotopic (exact) mass is 413 g/mol. The molecule has 0 bridgehead atoms. The summed E-state index contributed by atoms with van der Waals surface area (Å²) in [6.07, 6.45) is 3.15. The van der Waals surface area contributed by atoms with Gasteiger partial charge in [-0.2, -0.15) is 0 Å². The highest BCUT2D eigenvalue weighted by Gasteiger charge is 2.19. The zero-order valence-electron chi connectivity index (χ0n) is 16.5. The summed E-state index contributed by atoms with van der Waals surface area (Å²) in [6.45, 7) is 0.752. The van der Waals surface area contributed by atoms with Crippen molar-refractivity contribution in [3.8, 4) is 5.75 Å². The molecular formula is C23H24FNO5. The number of hydrogen-bond acceptors (Lipinski definition) is 5. The van der Waals surface area contributed by atoms with Crippen molar-refractivity contribution >= 4 is 11.9 Å². The molecule has 1 amide bonds. The van der Waals surface area contributed by atoms with Crippen LogP contribution in [-0.2, 0) is 20.9 Å². The van der Waals surface area contributed by atoms with Crippen molar-refractivity contribution in [1.82, 2.24) is 5.32 Å². The summed E-state index contributed by atoms with van der Waals surface area (Å²) < 4.78 is 24.3. The van der Waals surface area contributed by atoms with Gasteiger partial charge in [-0.1, -0.05) is 18.2 Å². The highest BCUT2D eigenvalue weighted by atomic mass is 19.1. The zero-order valence-corrected chi connectivity index (χ0v) is 16.5. The Labute approximate surface area is 174 Å². The van der Waals surface area contributed by atoms with Crippen molar-refractivity contribution in [2.24, 2.45) is 0 Å². The number of ether oxygens (including phenoxy) is 2. The van der Waals surface area contributed by atoms with Crippen LogP contribution < -0.4 is 5.32 Å². The van der Waals surface area contributed by atoms with E-state index in [0.717, 1.165) is 0 Å². The number of nitrogens with one attached hydrogen (secondary N) is 1. The first-order valence-corrected chi connectivity index (χ1v) is 9.80. The molecule has 2 aromatic carbocycles. The molecular weight excluding hydrogens is 389 g/mol. The van der Waals surface area contributed by atoms with Crippen LogP contribution in [0.15, 0.2) is 60.2 Å². The van der Waals surface area contributed by atoms with Gasteiger partial charge in [-0.3, -0.25) is 4.79 Å². The number of halogens is 1. The molecule has 7 heteroatoms. The minimum absolute atomic E-state index is 0.0105. The predicted molar refractivity (Wildman–Crippen MR) is 108 cm³/mol. The molecule has 6 nitrogen and oxygen atoms in total. The summed E-state index contributed by atoms with van der Waals surface area (Å²) in [7, 11) is 0. The quantitative estimate of drug-likeness (QED) is 0.708. The maximum Gasteiger partial charge on any atom is 0.334 e. The topological polar surface area (TPSA) is 84.9 Å². The Morgan fingerprint density at radius 1 is 1.20 bits per heavy atom. The third-order valence-electron chi connectivity index (χ3n) is 4.74. The van der Waals surface area contributed by atoms with Crippen LogP contribution in [0.25, 0.3) is 0 Å². The first kappa shape index (κ1) is 21.5. The van der Waals surface area contributed by atoms with E-state index in [1.807, 2.05) is 0 Å². The first-order chi connectivity index (χ1) is 14.5. The lowest BCUT2D eigenvalue weighted by Gasteiger charge is -2.21. The van der Waals surface area contributed by atoms with Gasteiger partial charge in [0.15, 0.2) is 0 Å². The van der Waals surface area contributed by atoms with Crippen molar-refractivity contribution in [3.05, 3.63) is 77.1 Å². The number of carbonyl (C=O) groups excluding carboxylic acids is 2. The van der Waals surface area contributed by atoms with Crippen LogP contribution in [0.2, 0.25) is 0 Å². The minimum atomic E-state index is -0.423. The standard InChI is InChI=1S/C23H24FNO5/c24-19-5-1-3-16(13-19)15-30-23(28)18-4-2-12-29-21(11-8-18)14-25-22(27)17-6-9-20(26)10-7-17/h1,3-7,9-10,13,21,26H,2,8,11-12,14-15H2,(H,25,27)/b18-4-/t21-/m0/s1. The number of phenols is 1. The molecule has 2 N–H and O–H groups in total. The molecule has 0 saturated heterocycles. The largest absolute Gasteiger partial charge is 0.508 e. The van der Waals surface area contributed by atoms with Crippen LogP contribution in [0.4, 0.5) is 4.39 Å². The van der Waals surface area contributed by atoms with Crippen molar-refractivity contribution in [1.29, 1.82) is 0 Å². The van der Waals surface area contributed by atoms with Crippen LogP contribution in [0, 0.1) is 5.82 Å². The van der Waals surface area contributed by atoms with Crippen LogP contribution in [0.1, 0.15) is 35.2 Å². The maximum atomic E-state index is 13.2. The Balaban J connectivity index is 1.48. The summed E-state index contributed by atoms with van der Waals surface area (Å²) in [6, 6.07) is 11.9. The van der Waals surface area contributed by atoms with E-state index in [1.54, 1.807) is 30.3 Å². The number of rotatable bonds is 6. The fourth-order valence-electron chi connectivity index (χ4n) is 3.11. The fourth-order valence-corrected chi connectivity index (χ4v) is 3.11. The molecule has 0 spiro atoms. The van der Waals surface area contributed by atoms with E-state index in [4.69, 9.17) is 9.47 Å². The van der Waals surface area contributed by atoms with Crippen LogP contribution >= 0.6 is 0 Å². The highest BCUT2D eigenvalue weighted by molar-refractivity contribution is 5.94. The number of benzene rings is 2. The zero-order chi connectivity index (χ0) is 21.3. The van der Waals surface area contributed by atoms with Gasteiger partial charge in [0.25, 0.3) is 5.91 Å². The van der Waals surface area contributed by atoms with E-state index < -0.39 is 5.97 Å². The summed E-state index contributed by atoms with van der Waals surface area (Å²) in [5.41, 5.74) is 1.60. The van der Waals surface area contributed by atoms with Gasteiger partial charge in [0.1, 0.15) is 18.2 Å². The average molecular weight is 413 g/mol. The number of hydrogen-bond donors (Lipinski definition) is 2. The number of aromatic hydroxyl groups is 1. The van der Waals surface area contributed by atoms with Crippen LogP contribution in [0.3, 0.4) is 0 Å². The van der Waals surface area contributed by atoms with Crippen LogP contribution in [0.5, 0.6) is 5.75 Å². The Hall–Kier alpha value is -3.19. The minimum Gasteiger partial charge on any atom is -0.508 e. The lowest BCUT2D eigenvalue weighted by molar-refractivity contribution is -0.140. The SMILES string of the molecule is O=C(OCc1cccc(F)c1)/C1=C\CCO[C@H](CNC(=O)c2ccc(O)cc2)CC1. The summed E-state index contributed by atoms with van der Waals surface area (Å²) in [4.78, 5) is 24.6. The smallest absolute Gasteiger partial charge is 0.334 e. The molecule has 0 aliphatic carbocycles. The number of carbonyl (C=O) groups is 2. The molecule has 1 atom stereocenters. The van der Waals surface area contributed by atoms with E-state index in [2.05, 4.69) is 5.32 Å². The summed E-state index contributed by atoms with van der Waals surface area (Å²) in [5, 5.41) is 12.1. The highest BCUT2D eigenvalue weighted by Crippen LogP contribution is 2.17. The van der Waals surface area contributed by atoms with Gasteiger partial charge in [-0.05, 0) is 61.2 Å². The maximum absolute atomic E-state index is 13.2. The van der Waals surface area contributed by atoms with Crippen molar-refractivity contribution in [2.45, 2.75) is 32.0 Å². The third kappa shape index (κ3) is 6.42. The molecule has 0 unspecified atom stereocenters. The second-order valence-electron chi connectivity index (χ2n) is 7.01. The van der Waals surface area contributed by atoms with Crippen LogP contribution in [-0.4, -0.2) is 36.2 Å². The second kappa shape index (κ2) is 10.5. The van der Waals surface area contributed by atoms with Crippen molar-refractivity contribution < 1.29 is 28.6 Å². The van der Waals surface area contributed by atoms with Gasteiger partial charge in [-0.25, -0.2) is 9.18 Å². The number of esters is 1. The fraction of sp³-hybridized carbons (Fsp3) is 0.304. The number of amides is 1. The van der Waals surface area contributed by atoms with E-state index in [0.29, 0.717) is 49.1 Å². The van der Waals surface area contributed by atoms with Gasteiger partial charge in [0.2, 0.25) is 0 Å². The molecule has 0 aromatic heterocycles. The van der Waals surface area contributed by atoms with Crippen molar-refractivity contribution in [3.63, 3.8) is 0 Å². The van der Waals surface area contributed by atoms with E-state index in [9.17, 15) is 19.1 Å². The predicted octanol–water partition coefficient (Wildman–Crippen LogP) is 3.50. The van der Waals surface area contributed by atoms with Gasteiger partial charge in [0.05, 0.1) is 12.7 Å². The molecule has 30 heavy (non-hydrogen) atoms. The molecule has 0 saturated carbocycles. The Morgan fingerprint density at radius 2 is 2.00 bits per heavy atom. The third-order valence-corrected chi connectivity index (χ3v) is 4.74. The molecule has 1 aliphatic rings. The molecule has 1 aliphatic heterocycles.